The highest BCUT2D eigenvalue weighted by molar-refractivity contribution is 6.35. The van der Waals surface area contributed by atoms with Gasteiger partial charge in [0.1, 0.15) is 12.4 Å². The molecule has 9 heteroatoms. The fourth-order valence-electron chi connectivity index (χ4n) is 0.954. The molecule has 0 fully saturated rings. The van der Waals surface area contributed by atoms with Crippen molar-refractivity contribution in [2.24, 2.45) is 16.6 Å². The molecule has 0 aromatic heterocycles. The molecule has 102 valence electrons. The van der Waals surface area contributed by atoms with Crippen molar-refractivity contribution in [3.63, 3.8) is 0 Å². The van der Waals surface area contributed by atoms with Crippen LogP contribution < -0.4 is 21.6 Å². The number of ether oxygens (including phenoxy) is 1. The predicted molar refractivity (Wildman–Crippen MR) is 70.9 cm³/mol. The molecule has 0 unspecified atom stereocenters. The molecule has 2 amide bonds. The van der Waals surface area contributed by atoms with E-state index in [0.29, 0.717) is 15.8 Å². The Morgan fingerprint density at radius 2 is 2.00 bits per heavy atom. The lowest BCUT2D eigenvalue weighted by Crippen LogP contribution is -2.35. The van der Waals surface area contributed by atoms with Gasteiger partial charge in [0.05, 0.1) is 5.02 Å². The number of primary amides is 1. The van der Waals surface area contributed by atoms with E-state index < -0.39 is 11.8 Å². The van der Waals surface area contributed by atoms with Gasteiger partial charge in [-0.3, -0.25) is 9.59 Å². The number of rotatable bonds is 4. The zero-order valence-electron chi connectivity index (χ0n) is 9.52. The molecule has 0 aliphatic heterocycles. The monoisotopic (exact) mass is 304 g/mol. The molecule has 0 saturated carbocycles. The van der Waals surface area contributed by atoms with E-state index in [9.17, 15) is 9.59 Å². The van der Waals surface area contributed by atoms with Gasteiger partial charge in [0.25, 0.3) is 0 Å². The molecule has 19 heavy (non-hydrogen) atoms. The first-order valence-electron chi connectivity index (χ1n) is 4.90. The van der Waals surface area contributed by atoms with E-state index in [1.165, 1.54) is 6.07 Å². The lowest BCUT2D eigenvalue weighted by Gasteiger charge is -2.07. The number of benzene rings is 1. The second kappa shape index (κ2) is 6.81. The topological polar surface area (TPSA) is 120 Å². The summed E-state index contributed by atoms with van der Waals surface area (Å²) in [6, 6.07) is 4.64. The summed E-state index contributed by atoms with van der Waals surface area (Å²) < 4.78 is 5.23. The molecule has 0 heterocycles. The Morgan fingerprint density at radius 3 is 2.58 bits per heavy atom. The Labute approximate surface area is 118 Å². The number of amides is 2. The minimum Gasteiger partial charge on any atom is -0.484 e. The third-order valence-corrected chi connectivity index (χ3v) is 2.32. The summed E-state index contributed by atoms with van der Waals surface area (Å²) in [5.41, 5.74) is 12.0. The fourth-order valence-corrected chi connectivity index (χ4v) is 1.42. The Hall–Kier alpha value is -1.99. The lowest BCUT2D eigenvalue weighted by atomic mass is 10.3. The van der Waals surface area contributed by atoms with Gasteiger partial charge in [-0.05, 0) is 18.2 Å². The standard InChI is InChI=1S/C10H10Cl2N4O3/c11-5-1-2-7(6(12)3-5)19-4-8(13)15-16-10(18)9(14)17/h1-3H,4H2,(H2,13,15)(H2,14,17)(H,16,18). The third-order valence-electron chi connectivity index (χ3n) is 1.79. The molecule has 5 N–H and O–H groups in total. The van der Waals surface area contributed by atoms with E-state index in [1.807, 2.05) is 5.43 Å². The fraction of sp³-hybridized carbons (Fsp3) is 0.100. The first kappa shape index (κ1) is 15.1. The third kappa shape index (κ3) is 5.02. The smallest absolute Gasteiger partial charge is 0.329 e. The average molecular weight is 305 g/mol. The minimum absolute atomic E-state index is 0.0689. The van der Waals surface area contributed by atoms with Crippen LogP contribution in [0.2, 0.25) is 10.0 Å². The van der Waals surface area contributed by atoms with Crippen LogP contribution in [0.3, 0.4) is 0 Å². The quantitative estimate of drug-likeness (QED) is 0.319. The highest BCUT2D eigenvalue weighted by Crippen LogP contribution is 2.27. The van der Waals surface area contributed by atoms with Gasteiger partial charge in [-0.1, -0.05) is 23.2 Å². The van der Waals surface area contributed by atoms with E-state index in [0.717, 1.165) is 0 Å². The van der Waals surface area contributed by atoms with Crippen molar-refractivity contribution >= 4 is 40.9 Å². The zero-order valence-corrected chi connectivity index (χ0v) is 11.0. The number of nitrogens with two attached hydrogens (primary N) is 2. The van der Waals surface area contributed by atoms with Crippen LogP contribution in [-0.4, -0.2) is 24.3 Å². The maximum absolute atomic E-state index is 10.8. The SMILES string of the molecule is NC(=O)C(=O)NN=C(N)COc1ccc(Cl)cc1Cl. The van der Waals surface area contributed by atoms with Crippen molar-refractivity contribution in [1.29, 1.82) is 0 Å². The van der Waals surface area contributed by atoms with Crippen LogP contribution in [0.1, 0.15) is 0 Å². The van der Waals surface area contributed by atoms with Gasteiger partial charge < -0.3 is 16.2 Å². The molecule has 0 bridgehead atoms. The maximum Gasteiger partial charge on any atom is 0.329 e. The van der Waals surface area contributed by atoms with Crippen LogP contribution in [0.25, 0.3) is 0 Å². The van der Waals surface area contributed by atoms with E-state index in [-0.39, 0.29) is 12.4 Å². The van der Waals surface area contributed by atoms with Gasteiger partial charge in [-0.15, -0.1) is 0 Å². The number of hydrazone groups is 1. The van der Waals surface area contributed by atoms with Crippen LogP contribution in [0.4, 0.5) is 0 Å². The zero-order chi connectivity index (χ0) is 14.4. The number of halogens is 2. The molecular weight excluding hydrogens is 295 g/mol. The molecule has 0 spiro atoms. The molecule has 1 aromatic carbocycles. The van der Waals surface area contributed by atoms with Gasteiger partial charge in [0.2, 0.25) is 0 Å². The number of carbonyl (C=O) groups is 2. The predicted octanol–water partition coefficient (Wildman–Crippen LogP) is 0.246. The van der Waals surface area contributed by atoms with Crippen LogP contribution in [-0.2, 0) is 9.59 Å². The molecule has 0 aliphatic carbocycles. The van der Waals surface area contributed by atoms with Gasteiger partial charge in [0.15, 0.2) is 5.84 Å². The van der Waals surface area contributed by atoms with Crippen LogP contribution in [0.5, 0.6) is 5.75 Å². The van der Waals surface area contributed by atoms with Gasteiger partial charge >= 0.3 is 11.8 Å². The summed E-state index contributed by atoms with van der Waals surface area (Å²) in [7, 11) is 0. The number of nitrogens with zero attached hydrogens (tertiary/aromatic N) is 1. The van der Waals surface area contributed by atoms with Gasteiger partial charge in [-0.25, -0.2) is 5.43 Å². The van der Waals surface area contributed by atoms with Crippen molar-refractivity contribution in [2.45, 2.75) is 0 Å². The van der Waals surface area contributed by atoms with Crippen LogP contribution >= 0.6 is 23.2 Å². The largest absolute Gasteiger partial charge is 0.484 e. The molecule has 0 saturated heterocycles. The molecule has 0 radical (unpaired) electrons. The number of hydrogen-bond acceptors (Lipinski definition) is 4. The molecular formula is C10H10Cl2N4O3. The van der Waals surface area contributed by atoms with E-state index in [1.54, 1.807) is 12.1 Å². The Kier molecular flexibility index (Phi) is 5.40. The highest BCUT2D eigenvalue weighted by Gasteiger charge is 2.07. The number of carbonyl (C=O) groups excluding carboxylic acids is 2. The van der Waals surface area contributed by atoms with E-state index >= 15 is 0 Å². The number of hydrogen-bond donors (Lipinski definition) is 3. The normalized spacial score (nSPS) is 10.9. The maximum atomic E-state index is 10.8. The van der Waals surface area contributed by atoms with Crippen molar-refractivity contribution in [3.05, 3.63) is 28.2 Å². The van der Waals surface area contributed by atoms with E-state index in [2.05, 4.69) is 5.10 Å². The Balaban J connectivity index is 2.54. The van der Waals surface area contributed by atoms with Crippen molar-refractivity contribution in [2.75, 3.05) is 6.61 Å². The summed E-state index contributed by atoms with van der Waals surface area (Å²) in [6.45, 7) is -0.138. The van der Waals surface area contributed by atoms with Crippen molar-refractivity contribution in [3.8, 4) is 5.75 Å². The van der Waals surface area contributed by atoms with Gasteiger partial charge in [-0.2, -0.15) is 5.10 Å². The average Bonchev–Trinajstić information content (AvgIpc) is 2.34. The molecule has 0 atom stereocenters. The second-order valence-electron chi connectivity index (χ2n) is 3.27. The number of amidine groups is 1. The molecule has 1 aromatic rings. The molecule has 7 nitrogen and oxygen atoms in total. The minimum atomic E-state index is -1.17. The van der Waals surface area contributed by atoms with Gasteiger partial charge in [0, 0.05) is 5.02 Å². The molecule has 0 aliphatic rings. The summed E-state index contributed by atoms with van der Waals surface area (Å²) >= 11 is 11.6. The highest BCUT2D eigenvalue weighted by atomic mass is 35.5. The summed E-state index contributed by atoms with van der Waals surface area (Å²) in [5, 5.41) is 4.18. The summed E-state index contributed by atoms with van der Waals surface area (Å²) in [4.78, 5) is 21.2. The van der Waals surface area contributed by atoms with E-state index in [4.69, 9.17) is 39.4 Å². The molecule has 1 rings (SSSR count). The lowest BCUT2D eigenvalue weighted by molar-refractivity contribution is -0.137. The summed E-state index contributed by atoms with van der Waals surface area (Å²) in [5.74, 6) is -1.96. The second-order valence-corrected chi connectivity index (χ2v) is 4.12. The first-order valence-corrected chi connectivity index (χ1v) is 5.65. The Morgan fingerprint density at radius 1 is 1.32 bits per heavy atom. The Bertz CT molecular complexity index is 534. The van der Waals surface area contributed by atoms with Crippen molar-refractivity contribution in [1.82, 2.24) is 5.43 Å². The van der Waals surface area contributed by atoms with Crippen molar-refractivity contribution < 1.29 is 14.3 Å². The van der Waals surface area contributed by atoms with Crippen LogP contribution in [0, 0.1) is 0 Å². The first-order chi connectivity index (χ1) is 8.90. The van der Waals surface area contributed by atoms with Crippen LogP contribution in [0.15, 0.2) is 23.3 Å². The summed E-state index contributed by atoms with van der Waals surface area (Å²) in [6.07, 6.45) is 0. The number of nitrogens with one attached hydrogen (secondary N) is 1.